The summed E-state index contributed by atoms with van der Waals surface area (Å²) in [5, 5.41) is 6.21. The molecule has 6 aromatic carbocycles. The molecule has 2 N–H and O–H groups in total. The van der Waals surface area contributed by atoms with Crippen LogP contribution < -0.4 is 10.6 Å². The van der Waals surface area contributed by atoms with Gasteiger partial charge in [0.05, 0.1) is 17.1 Å². The van der Waals surface area contributed by atoms with Crippen molar-refractivity contribution in [3.8, 4) is 67.2 Å². The van der Waals surface area contributed by atoms with Crippen molar-refractivity contribution in [1.82, 2.24) is 15.0 Å². The molecule has 2 amide bonds. The van der Waals surface area contributed by atoms with Gasteiger partial charge in [-0.1, -0.05) is 140 Å². The van der Waals surface area contributed by atoms with Crippen molar-refractivity contribution in [2.75, 3.05) is 10.6 Å². The molecule has 1 fully saturated rings. The lowest BCUT2D eigenvalue weighted by Crippen LogP contribution is -2.39. The molecule has 3 heterocycles. The standard InChI is InChI=1S/C61H49N5O3/c67-59(34-41-16-18-45(19-17-41)56-38-48(28-31-62-56)42-10-4-1-5-11-42)51-35-52(60(68)65-54-24-20-46(21-25-54)57-39-49(29-32-63-57)43-12-6-2-7-13-43)37-53(36-51)61(69)66-55-26-22-47(23-27-55)58-40-50(30-33-64-58)44-14-8-3-9-15-44/h1-33,38-40,51-53H,34-37H2,(H,65,68)(H,66,69). The number of carbonyl (C=O) groups excluding carboxylic acids is 3. The van der Waals surface area contributed by atoms with Crippen molar-refractivity contribution in [2.24, 2.45) is 17.8 Å². The molecule has 8 heteroatoms. The van der Waals surface area contributed by atoms with Crippen LogP contribution in [0.3, 0.4) is 0 Å². The van der Waals surface area contributed by atoms with Gasteiger partial charge in [0.2, 0.25) is 11.8 Å². The molecule has 3 aromatic heterocycles. The van der Waals surface area contributed by atoms with Gasteiger partial charge in [-0.2, -0.15) is 0 Å². The minimum atomic E-state index is -0.567. The quantitative estimate of drug-likeness (QED) is 0.119. The summed E-state index contributed by atoms with van der Waals surface area (Å²) in [7, 11) is 0. The van der Waals surface area contributed by atoms with E-state index in [0.29, 0.717) is 30.6 Å². The van der Waals surface area contributed by atoms with Crippen LogP contribution in [0.2, 0.25) is 0 Å². The van der Waals surface area contributed by atoms with Gasteiger partial charge in [-0.3, -0.25) is 29.3 Å². The molecule has 69 heavy (non-hydrogen) atoms. The topological polar surface area (TPSA) is 114 Å². The Morgan fingerprint density at radius 1 is 0.362 bits per heavy atom. The first-order valence-corrected chi connectivity index (χ1v) is 23.4. The van der Waals surface area contributed by atoms with Gasteiger partial charge in [0.1, 0.15) is 5.78 Å². The Hall–Kier alpha value is -8.62. The summed E-state index contributed by atoms with van der Waals surface area (Å²) >= 11 is 0. The molecule has 1 saturated carbocycles. The highest BCUT2D eigenvalue weighted by atomic mass is 16.2. The van der Waals surface area contributed by atoms with Crippen LogP contribution in [0.15, 0.2) is 219 Å². The second kappa shape index (κ2) is 20.5. The number of rotatable bonds is 13. The van der Waals surface area contributed by atoms with Gasteiger partial charge in [0.25, 0.3) is 0 Å². The number of nitrogens with zero attached hydrogens (tertiary/aromatic N) is 3. The fraction of sp³-hybridized carbons (Fsp3) is 0.115. The number of aromatic nitrogens is 3. The third-order valence-electron chi connectivity index (χ3n) is 13.0. The van der Waals surface area contributed by atoms with Crippen LogP contribution >= 0.6 is 0 Å². The van der Waals surface area contributed by atoms with E-state index >= 15 is 0 Å². The van der Waals surface area contributed by atoms with Crippen molar-refractivity contribution in [1.29, 1.82) is 0 Å². The van der Waals surface area contributed by atoms with Gasteiger partial charge < -0.3 is 10.6 Å². The molecule has 9 aromatic rings. The number of hydrogen-bond donors (Lipinski definition) is 2. The minimum absolute atomic E-state index is 0.00595. The Balaban J connectivity index is 0.843. The number of amides is 2. The van der Waals surface area contributed by atoms with E-state index in [2.05, 4.69) is 80.2 Å². The number of carbonyl (C=O) groups is 3. The molecule has 336 valence electrons. The normalized spacial score (nSPS) is 15.4. The van der Waals surface area contributed by atoms with Gasteiger partial charge in [-0.15, -0.1) is 0 Å². The van der Waals surface area contributed by atoms with Crippen molar-refractivity contribution in [3.05, 3.63) is 224 Å². The number of hydrogen-bond acceptors (Lipinski definition) is 6. The SMILES string of the molecule is O=C(Cc1ccc(-c2cc(-c3ccccc3)ccn2)cc1)C1CC(C(=O)Nc2ccc(-c3cc(-c4ccccc4)ccn3)cc2)CC(C(=O)Nc2ccc(-c3cc(-c4ccccc4)ccn3)cc2)C1. The largest absolute Gasteiger partial charge is 0.326 e. The Bertz CT molecular complexity index is 2860. The molecule has 0 bridgehead atoms. The maximum atomic E-state index is 14.3. The maximum absolute atomic E-state index is 14.3. The van der Waals surface area contributed by atoms with Crippen molar-refractivity contribution in [3.63, 3.8) is 0 Å². The Labute approximate surface area is 402 Å². The average Bonchev–Trinajstić information content (AvgIpc) is 3.42. The average molecular weight is 900 g/mol. The molecule has 0 aliphatic heterocycles. The smallest absolute Gasteiger partial charge is 0.227 e. The highest BCUT2D eigenvalue weighted by Crippen LogP contribution is 2.37. The maximum Gasteiger partial charge on any atom is 0.227 e. The highest BCUT2D eigenvalue weighted by Gasteiger charge is 2.39. The van der Waals surface area contributed by atoms with Crippen LogP contribution in [0.1, 0.15) is 24.8 Å². The summed E-state index contributed by atoms with van der Waals surface area (Å²) in [6.45, 7) is 0. The third-order valence-corrected chi connectivity index (χ3v) is 13.0. The van der Waals surface area contributed by atoms with Gasteiger partial charge in [0, 0.05) is 70.8 Å². The number of pyridine rings is 3. The third kappa shape index (κ3) is 10.7. The number of Topliss-reactive ketones (excluding diaryl/α,β-unsaturated/α-hetero) is 1. The van der Waals surface area contributed by atoms with Crippen LogP contribution in [-0.2, 0) is 20.8 Å². The highest BCUT2D eigenvalue weighted by molar-refractivity contribution is 5.97. The Morgan fingerprint density at radius 3 is 1.06 bits per heavy atom. The van der Waals surface area contributed by atoms with E-state index < -0.39 is 17.8 Å². The molecular weight excluding hydrogens is 851 g/mol. The summed E-state index contributed by atoms with van der Waals surface area (Å²) in [5.74, 6) is -2.06. The first kappa shape index (κ1) is 44.2. The molecule has 2 unspecified atom stereocenters. The zero-order valence-electron chi connectivity index (χ0n) is 37.9. The number of nitrogens with one attached hydrogen (secondary N) is 2. The molecule has 10 rings (SSSR count). The van der Waals surface area contributed by atoms with Crippen molar-refractivity contribution < 1.29 is 14.4 Å². The van der Waals surface area contributed by atoms with E-state index in [9.17, 15) is 14.4 Å². The lowest BCUT2D eigenvalue weighted by atomic mass is 9.72. The molecule has 2 atom stereocenters. The number of anilines is 2. The zero-order valence-corrected chi connectivity index (χ0v) is 37.9. The molecule has 1 aliphatic rings. The monoisotopic (exact) mass is 899 g/mol. The molecule has 8 nitrogen and oxygen atoms in total. The summed E-state index contributed by atoms with van der Waals surface area (Å²) < 4.78 is 0. The minimum Gasteiger partial charge on any atom is -0.326 e. The second-order valence-electron chi connectivity index (χ2n) is 17.7. The van der Waals surface area contributed by atoms with E-state index in [1.54, 1.807) is 12.4 Å². The fourth-order valence-corrected chi connectivity index (χ4v) is 9.28. The predicted octanol–water partition coefficient (Wildman–Crippen LogP) is 13.3. The van der Waals surface area contributed by atoms with Crippen LogP contribution in [0.5, 0.6) is 0 Å². The van der Waals surface area contributed by atoms with E-state index in [1.807, 2.05) is 152 Å². The number of benzene rings is 6. The molecule has 0 spiro atoms. The second-order valence-corrected chi connectivity index (χ2v) is 17.7. The van der Waals surface area contributed by atoms with Crippen LogP contribution in [0.25, 0.3) is 67.2 Å². The molecule has 0 saturated heterocycles. The first-order valence-electron chi connectivity index (χ1n) is 23.4. The lowest BCUT2D eigenvalue weighted by Gasteiger charge is -2.33. The molecule has 1 aliphatic carbocycles. The van der Waals surface area contributed by atoms with Crippen molar-refractivity contribution in [2.45, 2.75) is 25.7 Å². The number of ketones is 1. The molecule has 0 radical (unpaired) electrons. The van der Waals surface area contributed by atoms with Gasteiger partial charge in [-0.05, 0) is 119 Å². The van der Waals surface area contributed by atoms with E-state index in [4.69, 9.17) is 0 Å². The Kier molecular flexibility index (Phi) is 13.1. The van der Waals surface area contributed by atoms with Gasteiger partial charge >= 0.3 is 0 Å². The van der Waals surface area contributed by atoms with E-state index in [0.717, 1.165) is 72.7 Å². The summed E-state index contributed by atoms with van der Waals surface area (Å²) in [6, 6.07) is 65.9. The van der Waals surface area contributed by atoms with E-state index in [1.165, 1.54) is 0 Å². The van der Waals surface area contributed by atoms with Crippen LogP contribution in [0.4, 0.5) is 11.4 Å². The summed E-state index contributed by atoms with van der Waals surface area (Å²) in [4.78, 5) is 56.4. The summed E-state index contributed by atoms with van der Waals surface area (Å²) in [5.41, 5.74) is 13.9. The fourth-order valence-electron chi connectivity index (χ4n) is 9.28. The lowest BCUT2D eigenvalue weighted by molar-refractivity contribution is -0.130. The Morgan fingerprint density at radius 2 is 0.696 bits per heavy atom. The van der Waals surface area contributed by atoms with Crippen LogP contribution in [0, 0.1) is 17.8 Å². The van der Waals surface area contributed by atoms with Crippen LogP contribution in [-0.4, -0.2) is 32.5 Å². The summed E-state index contributed by atoms with van der Waals surface area (Å²) in [6.07, 6.45) is 6.62. The van der Waals surface area contributed by atoms with E-state index in [-0.39, 0.29) is 24.0 Å². The zero-order chi connectivity index (χ0) is 46.9. The van der Waals surface area contributed by atoms with Crippen molar-refractivity contribution >= 4 is 29.0 Å². The van der Waals surface area contributed by atoms with Gasteiger partial charge in [0.15, 0.2) is 0 Å². The predicted molar refractivity (Wildman–Crippen MR) is 276 cm³/mol. The van der Waals surface area contributed by atoms with Gasteiger partial charge in [-0.25, -0.2) is 0 Å². The first-order chi connectivity index (χ1) is 33.9. The molecular formula is C61H49N5O3.